The van der Waals surface area contributed by atoms with Crippen molar-refractivity contribution >= 4 is 22.9 Å². The molecule has 0 atom stereocenters. The molecule has 0 bridgehead atoms. The maximum absolute atomic E-state index is 5.99. The fraction of sp³-hybridized carbons (Fsp3) is 0.333. The first kappa shape index (κ1) is 11.6. The molecule has 0 saturated heterocycles. The van der Waals surface area contributed by atoms with E-state index in [4.69, 9.17) is 11.6 Å². The second kappa shape index (κ2) is 4.93. The average molecular weight is 253 g/mol. The van der Waals surface area contributed by atoms with Gasteiger partial charge in [-0.25, -0.2) is 9.97 Å². The molecule has 0 spiro atoms. The highest BCUT2D eigenvalue weighted by atomic mass is 35.5. The molecule has 2 aromatic rings. The number of aryl methyl sites for hydroxylation is 2. The Labute approximate surface area is 104 Å². The quantitative estimate of drug-likeness (QED) is 0.768. The van der Waals surface area contributed by atoms with Crippen LogP contribution >= 0.6 is 22.9 Å². The fourth-order valence-electron chi connectivity index (χ4n) is 1.53. The van der Waals surface area contributed by atoms with Crippen molar-refractivity contribution in [3.05, 3.63) is 33.4 Å². The van der Waals surface area contributed by atoms with Crippen molar-refractivity contribution in [3.8, 4) is 11.3 Å². The van der Waals surface area contributed by atoms with Crippen LogP contribution in [0.3, 0.4) is 0 Å². The third-order valence-corrected chi connectivity index (χ3v) is 3.30. The summed E-state index contributed by atoms with van der Waals surface area (Å²) in [5, 5.41) is 2.63. The largest absolute Gasteiger partial charge is 0.233 e. The maximum Gasteiger partial charge on any atom is 0.133 e. The summed E-state index contributed by atoms with van der Waals surface area (Å²) in [6.07, 6.45) is 1.90. The highest BCUT2D eigenvalue weighted by molar-refractivity contribution is 7.10. The molecule has 0 fully saturated rings. The van der Waals surface area contributed by atoms with E-state index in [0.717, 1.165) is 29.9 Å². The monoisotopic (exact) mass is 252 g/mol. The molecule has 0 amide bonds. The van der Waals surface area contributed by atoms with Crippen molar-refractivity contribution in [1.82, 2.24) is 9.97 Å². The van der Waals surface area contributed by atoms with E-state index in [1.165, 1.54) is 4.88 Å². The van der Waals surface area contributed by atoms with Crippen LogP contribution in [0.1, 0.15) is 24.0 Å². The highest BCUT2D eigenvalue weighted by Gasteiger charge is 2.06. The van der Waals surface area contributed by atoms with Crippen molar-refractivity contribution in [3.63, 3.8) is 0 Å². The lowest BCUT2D eigenvalue weighted by Gasteiger charge is -2.02. The van der Waals surface area contributed by atoms with Crippen molar-refractivity contribution in [1.29, 1.82) is 0 Å². The molecule has 2 rings (SSSR count). The van der Waals surface area contributed by atoms with E-state index in [9.17, 15) is 0 Å². The summed E-state index contributed by atoms with van der Waals surface area (Å²) in [5.41, 5.74) is 2.05. The minimum atomic E-state index is 0.525. The van der Waals surface area contributed by atoms with Gasteiger partial charge in [0.15, 0.2) is 0 Å². The maximum atomic E-state index is 5.99. The summed E-state index contributed by atoms with van der Waals surface area (Å²) in [6.45, 7) is 4.20. The van der Waals surface area contributed by atoms with Crippen LogP contribution in [0.25, 0.3) is 11.3 Å². The van der Waals surface area contributed by atoms with Gasteiger partial charge in [-0.2, -0.15) is 0 Å². The molecule has 0 saturated carbocycles. The minimum absolute atomic E-state index is 0.525. The van der Waals surface area contributed by atoms with Gasteiger partial charge in [0, 0.05) is 28.3 Å². The SMILES string of the molecule is CCCc1nc(Cl)cc(-c2csc(C)c2)n1. The van der Waals surface area contributed by atoms with E-state index in [0.29, 0.717) is 5.15 Å². The molecule has 0 N–H and O–H groups in total. The molecule has 2 heterocycles. The Hall–Kier alpha value is -0.930. The summed E-state index contributed by atoms with van der Waals surface area (Å²) in [4.78, 5) is 10.0. The van der Waals surface area contributed by atoms with Crippen LogP contribution < -0.4 is 0 Å². The van der Waals surface area contributed by atoms with Gasteiger partial charge in [0.1, 0.15) is 11.0 Å². The zero-order valence-corrected chi connectivity index (χ0v) is 10.9. The molecule has 16 heavy (non-hydrogen) atoms. The van der Waals surface area contributed by atoms with Gasteiger partial charge < -0.3 is 0 Å². The zero-order chi connectivity index (χ0) is 11.5. The molecule has 2 aromatic heterocycles. The molecule has 0 radical (unpaired) electrons. The molecule has 0 aliphatic heterocycles. The molecule has 2 nitrogen and oxygen atoms in total. The lowest BCUT2D eigenvalue weighted by molar-refractivity contribution is 0.837. The first-order valence-electron chi connectivity index (χ1n) is 5.28. The molecule has 84 valence electrons. The van der Waals surface area contributed by atoms with Crippen LogP contribution in [0, 0.1) is 6.92 Å². The third kappa shape index (κ3) is 2.60. The summed E-state index contributed by atoms with van der Waals surface area (Å²) < 4.78 is 0. The summed E-state index contributed by atoms with van der Waals surface area (Å²) >= 11 is 7.72. The standard InChI is InChI=1S/C12H13ClN2S/c1-3-4-12-14-10(6-11(13)15-12)9-5-8(2)16-7-9/h5-7H,3-4H2,1-2H3. The van der Waals surface area contributed by atoms with Crippen LogP contribution in [0.15, 0.2) is 17.5 Å². The lowest BCUT2D eigenvalue weighted by atomic mass is 10.2. The van der Waals surface area contributed by atoms with E-state index in [1.807, 2.05) is 6.07 Å². The first-order chi connectivity index (χ1) is 7.69. The molecule has 0 aliphatic carbocycles. The zero-order valence-electron chi connectivity index (χ0n) is 9.33. The predicted molar refractivity (Wildman–Crippen MR) is 69.1 cm³/mol. The second-order valence-electron chi connectivity index (χ2n) is 3.69. The first-order valence-corrected chi connectivity index (χ1v) is 6.53. The molecule has 4 heteroatoms. The van der Waals surface area contributed by atoms with Gasteiger partial charge in [-0.3, -0.25) is 0 Å². The van der Waals surface area contributed by atoms with Gasteiger partial charge in [0.25, 0.3) is 0 Å². The Morgan fingerprint density at radius 2 is 2.12 bits per heavy atom. The third-order valence-electron chi connectivity index (χ3n) is 2.24. The summed E-state index contributed by atoms with van der Waals surface area (Å²) in [6, 6.07) is 3.95. The Balaban J connectivity index is 2.40. The Morgan fingerprint density at radius 1 is 1.31 bits per heavy atom. The van der Waals surface area contributed by atoms with Crippen molar-refractivity contribution in [2.75, 3.05) is 0 Å². The van der Waals surface area contributed by atoms with Gasteiger partial charge >= 0.3 is 0 Å². The second-order valence-corrected chi connectivity index (χ2v) is 5.19. The van der Waals surface area contributed by atoms with Crippen LogP contribution in [0.5, 0.6) is 0 Å². The molecule has 0 aromatic carbocycles. The fourth-order valence-corrected chi connectivity index (χ4v) is 2.42. The number of nitrogens with zero attached hydrogens (tertiary/aromatic N) is 2. The molecule has 0 aliphatic rings. The topological polar surface area (TPSA) is 25.8 Å². The lowest BCUT2D eigenvalue weighted by Crippen LogP contribution is -1.96. The summed E-state index contributed by atoms with van der Waals surface area (Å²) in [5.74, 6) is 0.828. The minimum Gasteiger partial charge on any atom is -0.233 e. The Kier molecular flexibility index (Phi) is 3.56. The van der Waals surface area contributed by atoms with Gasteiger partial charge in [-0.1, -0.05) is 18.5 Å². The van der Waals surface area contributed by atoms with Gasteiger partial charge in [-0.15, -0.1) is 11.3 Å². The van der Waals surface area contributed by atoms with Crippen LogP contribution in [0.2, 0.25) is 5.15 Å². The van der Waals surface area contributed by atoms with E-state index in [-0.39, 0.29) is 0 Å². The number of hydrogen-bond donors (Lipinski definition) is 0. The molecular formula is C12H13ClN2S. The van der Waals surface area contributed by atoms with Gasteiger partial charge in [0.2, 0.25) is 0 Å². The van der Waals surface area contributed by atoms with E-state index in [2.05, 4.69) is 35.3 Å². The number of thiophene rings is 1. The van der Waals surface area contributed by atoms with Crippen molar-refractivity contribution in [2.24, 2.45) is 0 Å². The number of halogens is 1. The predicted octanol–water partition coefficient (Wildman–Crippen LogP) is 4.12. The Bertz CT molecular complexity index is 494. The number of hydrogen-bond acceptors (Lipinski definition) is 3. The molecule has 0 unspecified atom stereocenters. The smallest absolute Gasteiger partial charge is 0.133 e. The van der Waals surface area contributed by atoms with Crippen LogP contribution in [0.4, 0.5) is 0 Å². The van der Waals surface area contributed by atoms with Crippen LogP contribution in [-0.2, 0) is 6.42 Å². The van der Waals surface area contributed by atoms with Crippen LogP contribution in [-0.4, -0.2) is 9.97 Å². The van der Waals surface area contributed by atoms with Crippen molar-refractivity contribution < 1.29 is 0 Å². The number of aromatic nitrogens is 2. The Morgan fingerprint density at radius 3 is 2.75 bits per heavy atom. The van der Waals surface area contributed by atoms with E-state index < -0.39 is 0 Å². The normalized spacial score (nSPS) is 10.7. The van der Waals surface area contributed by atoms with E-state index >= 15 is 0 Å². The molecular weight excluding hydrogens is 240 g/mol. The van der Waals surface area contributed by atoms with Gasteiger partial charge in [0.05, 0.1) is 5.69 Å². The van der Waals surface area contributed by atoms with E-state index in [1.54, 1.807) is 11.3 Å². The number of rotatable bonds is 3. The van der Waals surface area contributed by atoms with Crippen molar-refractivity contribution in [2.45, 2.75) is 26.7 Å². The van der Waals surface area contributed by atoms with Gasteiger partial charge in [-0.05, 0) is 19.4 Å². The highest BCUT2D eigenvalue weighted by Crippen LogP contribution is 2.25. The summed E-state index contributed by atoms with van der Waals surface area (Å²) in [7, 11) is 0. The average Bonchev–Trinajstić information content (AvgIpc) is 2.64.